The van der Waals surface area contributed by atoms with Crippen molar-refractivity contribution in [3.05, 3.63) is 48.3 Å². The number of nitrogens with one attached hydrogen (secondary N) is 1. The summed E-state index contributed by atoms with van der Waals surface area (Å²) in [5.74, 6) is -0.0387. The summed E-state index contributed by atoms with van der Waals surface area (Å²) in [6, 6.07) is 9.89. The zero-order chi connectivity index (χ0) is 16.7. The third-order valence-corrected chi connectivity index (χ3v) is 3.80. The molecule has 1 aromatic heterocycles. The molecule has 1 unspecified atom stereocenters. The van der Waals surface area contributed by atoms with Crippen LogP contribution in [0.25, 0.3) is 5.69 Å². The minimum absolute atomic E-state index is 0.0233. The van der Waals surface area contributed by atoms with Gasteiger partial charge in [0, 0.05) is 18.8 Å². The highest BCUT2D eigenvalue weighted by Gasteiger charge is 2.11. The quantitative estimate of drug-likeness (QED) is 0.757. The van der Waals surface area contributed by atoms with Crippen LogP contribution >= 0.6 is 0 Å². The summed E-state index contributed by atoms with van der Waals surface area (Å²) < 4.78 is 1.83. The topological polar surface area (TPSA) is 70.4 Å². The molecule has 1 heterocycles. The molecular weight excluding hydrogens is 292 g/mol. The summed E-state index contributed by atoms with van der Waals surface area (Å²) >= 11 is 0. The lowest BCUT2D eigenvalue weighted by Crippen LogP contribution is -2.41. The number of carbonyl (C=O) groups excluding carboxylic acids is 1. The van der Waals surface area contributed by atoms with Crippen LogP contribution in [0.5, 0.6) is 0 Å². The van der Waals surface area contributed by atoms with Crippen LogP contribution in [-0.4, -0.2) is 58.5 Å². The maximum absolute atomic E-state index is 11.8. The lowest BCUT2D eigenvalue weighted by molar-refractivity contribution is -0.122. The summed E-state index contributed by atoms with van der Waals surface area (Å²) in [5, 5.41) is 16.3. The van der Waals surface area contributed by atoms with Gasteiger partial charge in [-0.3, -0.25) is 9.69 Å². The lowest BCUT2D eigenvalue weighted by Gasteiger charge is -2.21. The van der Waals surface area contributed by atoms with Gasteiger partial charge in [-0.1, -0.05) is 18.2 Å². The molecule has 0 saturated heterocycles. The molecule has 1 atom stereocenters. The highest BCUT2D eigenvalue weighted by atomic mass is 16.3. The van der Waals surface area contributed by atoms with Crippen molar-refractivity contribution in [3.8, 4) is 5.69 Å². The number of amides is 1. The van der Waals surface area contributed by atoms with E-state index in [4.69, 9.17) is 5.11 Å². The molecule has 0 aliphatic carbocycles. The van der Waals surface area contributed by atoms with E-state index < -0.39 is 0 Å². The molecule has 2 aromatic rings. The number of benzene rings is 1. The van der Waals surface area contributed by atoms with Crippen molar-refractivity contribution < 1.29 is 9.90 Å². The summed E-state index contributed by atoms with van der Waals surface area (Å²) in [7, 11) is 1.82. The molecule has 0 radical (unpaired) electrons. The molecular formula is C17H24N4O2. The maximum atomic E-state index is 11.8. The average molecular weight is 316 g/mol. The molecule has 0 bridgehead atoms. The van der Waals surface area contributed by atoms with Gasteiger partial charge in [-0.15, -0.1) is 0 Å². The molecule has 0 aliphatic rings. The van der Waals surface area contributed by atoms with Gasteiger partial charge in [-0.05, 0) is 38.1 Å². The van der Waals surface area contributed by atoms with Gasteiger partial charge in [0.1, 0.15) is 0 Å². The Morgan fingerprint density at radius 2 is 2.13 bits per heavy atom. The SMILES string of the molecule is CC(CO)N(C)CC(=O)NCCc1cnn(-c2ccccc2)c1. The second-order valence-corrected chi connectivity index (χ2v) is 5.68. The first kappa shape index (κ1) is 17.2. The van der Waals surface area contributed by atoms with Crippen LogP contribution in [0.15, 0.2) is 42.7 Å². The van der Waals surface area contributed by atoms with Gasteiger partial charge in [0.2, 0.25) is 5.91 Å². The van der Waals surface area contributed by atoms with Gasteiger partial charge < -0.3 is 10.4 Å². The monoisotopic (exact) mass is 316 g/mol. The average Bonchev–Trinajstić information content (AvgIpc) is 3.03. The Hall–Kier alpha value is -2.18. The number of hydrogen-bond donors (Lipinski definition) is 2. The third-order valence-electron chi connectivity index (χ3n) is 3.80. The van der Waals surface area contributed by atoms with Crippen molar-refractivity contribution in [1.82, 2.24) is 20.0 Å². The number of aliphatic hydroxyl groups excluding tert-OH is 1. The predicted molar refractivity (Wildman–Crippen MR) is 89.5 cm³/mol. The summed E-state index contributed by atoms with van der Waals surface area (Å²) in [6.45, 7) is 2.78. The number of likely N-dealkylation sites (N-methyl/N-ethyl adjacent to an activating group) is 1. The third kappa shape index (κ3) is 5.19. The molecule has 2 rings (SSSR count). The highest BCUT2D eigenvalue weighted by molar-refractivity contribution is 5.78. The van der Waals surface area contributed by atoms with Crippen LogP contribution < -0.4 is 5.32 Å². The fraction of sp³-hybridized carbons (Fsp3) is 0.412. The van der Waals surface area contributed by atoms with Gasteiger partial charge >= 0.3 is 0 Å². The van der Waals surface area contributed by atoms with Crippen LogP contribution in [0.3, 0.4) is 0 Å². The van der Waals surface area contributed by atoms with Crippen molar-refractivity contribution >= 4 is 5.91 Å². The minimum atomic E-state index is -0.0387. The molecule has 124 valence electrons. The number of hydrogen-bond acceptors (Lipinski definition) is 4. The first-order chi connectivity index (χ1) is 11.1. The van der Waals surface area contributed by atoms with Crippen molar-refractivity contribution in [2.75, 3.05) is 26.7 Å². The molecule has 1 aromatic carbocycles. The summed E-state index contributed by atoms with van der Waals surface area (Å²) in [5.41, 5.74) is 2.09. The largest absolute Gasteiger partial charge is 0.395 e. The molecule has 2 N–H and O–H groups in total. The Bertz CT molecular complexity index is 612. The fourth-order valence-corrected chi connectivity index (χ4v) is 2.14. The second-order valence-electron chi connectivity index (χ2n) is 5.68. The maximum Gasteiger partial charge on any atom is 0.234 e. The number of carbonyl (C=O) groups is 1. The Kier molecular flexibility index (Phi) is 6.31. The summed E-state index contributed by atoms with van der Waals surface area (Å²) in [4.78, 5) is 13.7. The molecule has 0 aliphatic heterocycles. The highest BCUT2D eigenvalue weighted by Crippen LogP contribution is 2.07. The zero-order valence-electron chi connectivity index (χ0n) is 13.6. The predicted octanol–water partition coefficient (Wildman–Crippen LogP) is 0.844. The van der Waals surface area contributed by atoms with Gasteiger partial charge in [-0.2, -0.15) is 5.10 Å². The molecule has 23 heavy (non-hydrogen) atoms. The Morgan fingerprint density at radius 1 is 1.39 bits per heavy atom. The van der Waals surface area contributed by atoms with Crippen LogP contribution in [0.4, 0.5) is 0 Å². The molecule has 6 heteroatoms. The van der Waals surface area contributed by atoms with E-state index in [1.165, 1.54) is 0 Å². The van der Waals surface area contributed by atoms with Gasteiger partial charge in [-0.25, -0.2) is 4.68 Å². The molecule has 0 spiro atoms. The van der Waals surface area contributed by atoms with E-state index in [-0.39, 0.29) is 25.1 Å². The Balaban J connectivity index is 1.77. The van der Waals surface area contributed by atoms with Gasteiger partial charge in [0.05, 0.1) is 25.0 Å². The smallest absolute Gasteiger partial charge is 0.234 e. The molecule has 0 saturated carbocycles. The Labute approximate surface area is 136 Å². The standard InChI is InChI=1S/C17H24N4O2/c1-14(13-22)20(2)12-17(23)18-9-8-15-10-19-21(11-15)16-6-4-3-5-7-16/h3-7,10-11,14,22H,8-9,12-13H2,1-2H3,(H,18,23). The first-order valence-corrected chi connectivity index (χ1v) is 7.77. The van der Waals surface area contributed by atoms with Crippen LogP contribution in [0.2, 0.25) is 0 Å². The number of rotatable bonds is 8. The van der Waals surface area contributed by atoms with Crippen molar-refractivity contribution in [1.29, 1.82) is 0 Å². The van der Waals surface area contributed by atoms with Crippen LogP contribution in [-0.2, 0) is 11.2 Å². The molecule has 6 nitrogen and oxygen atoms in total. The van der Waals surface area contributed by atoms with Crippen molar-refractivity contribution in [2.45, 2.75) is 19.4 Å². The van der Waals surface area contributed by atoms with E-state index in [0.29, 0.717) is 6.54 Å². The Morgan fingerprint density at radius 3 is 2.83 bits per heavy atom. The van der Waals surface area contributed by atoms with E-state index in [9.17, 15) is 4.79 Å². The van der Waals surface area contributed by atoms with E-state index in [0.717, 1.165) is 17.7 Å². The van der Waals surface area contributed by atoms with Gasteiger partial charge in [0.15, 0.2) is 0 Å². The fourth-order valence-electron chi connectivity index (χ4n) is 2.14. The van der Waals surface area contributed by atoms with Crippen molar-refractivity contribution in [2.24, 2.45) is 0 Å². The van der Waals surface area contributed by atoms with Gasteiger partial charge in [0.25, 0.3) is 0 Å². The van der Waals surface area contributed by atoms with E-state index in [1.54, 1.807) is 0 Å². The first-order valence-electron chi connectivity index (χ1n) is 7.77. The second kappa shape index (κ2) is 8.45. The van der Waals surface area contributed by atoms with Crippen LogP contribution in [0.1, 0.15) is 12.5 Å². The minimum Gasteiger partial charge on any atom is -0.395 e. The number of para-hydroxylation sites is 1. The summed E-state index contributed by atoms with van der Waals surface area (Å²) in [6.07, 6.45) is 4.53. The molecule has 1 amide bonds. The van der Waals surface area contributed by atoms with Crippen LogP contribution in [0, 0.1) is 0 Å². The normalized spacial score (nSPS) is 12.3. The van der Waals surface area contributed by atoms with E-state index in [2.05, 4.69) is 10.4 Å². The van der Waals surface area contributed by atoms with E-state index in [1.807, 2.05) is 66.3 Å². The zero-order valence-corrected chi connectivity index (χ0v) is 13.6. The lowest BCUT2D eigenvalue weighted by atomic mass is 10.2. The molecule has 0 fully saturated rings. The van der Waals surface area contributed by atoms with E-state index >= 15 is 0 Å². The number of nitrogens with zero attached hydrogens (tertiary/aromatic N) is 3. The van der Waals surface area contributed by atoms with Crippen molar-refractivity contribution in [3.63, 3.8) is 0 Å². The number of aliphatic hydroxyl groups is 1. The number of aromatic nitrogens is 2.